The molecule has 0 aliphatic carbocycles. The SMILES string of the molecule is Cc1ccc(CNC(=O)CNc2ccc(C)cc2Br)cc1. The van der Waals surface area contributed by atoms with E-state index in [1.807, 2.05) is 56.3 Å². The van der Waals surface area contributed by atoms with Gasteiger partial charge in [-0.3, -0.25) is 4.79 Å². The molecule has 0 fully saturated rings. The topological polar surface area (TPSA) is 41.1 Å². The zero-order valence-corrected chi connectivity index (χ0v) is 13.8. The van der Waals surface area contributed by atoms with Crippen molar-refractivity contribution in [3.63, 3.8) is 0 Å². The Morgan fingerprint density at radius 2 is 1.71 bits per heavy atom. The summed E-state index contributed by atoms with van der Waals surface area (Å²) in [6, 6.07) is 14.1. The van der Waals surface area contributed by atoms with Gasteiger partial charge < -0.3 is 10.6 Å². The number of amides is 1. The van der Waals surface area contributed by atoms with Gasteiger partial charge in [0.05, 0.1) is 6.54 Å². The Bertz CT molecular complexity index is 623. The van der Waals surface area contributed by atoms with Crippen LogP contribution < -0.4 is 10.6 Å². The molecule has 0 radical (unpaired) electrons. The predicted octanol–water partition coefficient (Wildman–Crippen LogP) is 3.79. The number of rotatable bonds is 5. The quantitative estimate of drug-likeness (QED) is 0.864. The fourth-order valence-corrected chi connectivity index (χ4v) is 2.54. The van der Waals surface area contributed by atoms with Crippen LogP contribution in [0.3, 0.4) is 0 Å². The third-order valence-electron chi connectivity index (χ3n) is 3.17. The fraction of sp³-hybridized carbons (Fsp3) is 0.235. The standard InChI is InChI=1S/C17H19BrN2O/c1-12-3-6-14(7-4-12)10-20-17(21)11-19-16-8-5-13(2)9-15(16)18/h3-9,19H,10-11H2,1-2H3,(H,20,21). The van der Waals surface area contributed by atoms with Gasteiger partial charge in [0, 0.05) is 16.7 Å². The number of benzene rings is 2. The number of hydrogen-bond donors (Lipinski definition) is 2. The largest absolute Gasteiger partial charge is 0.375 e. The molecule has 0 atom stereocenters. The summed E-state index contributed by atoms with van der Waals surface area (Å²) in [7, 11) is 0. The van der Waals surface area contributed by atoms with E-state index in [9.17, 15) is 4.79 Å². The first-order valence-corrected chi connectivity index (χ1v) is 7.66. The van der Waals surface area contributed by atoms with Gasteiger partial charge in [-0.25, -0.2) is 0 Å². The van der Waals surface area contributed by atoms with Crippen molar-refractivity contribution in [2.45, 2.75) is 20.4 Å². The van der Waals surface area contributed by atoms with Crippen LogP contribution in [0.15, 0.2) is 46.9 Å². The third-order valence-corrected chi connectivity index (χ3v) is 3.83. The maximum atomic E-state index is 11.8. The molecule has 2 aromatic rings. The van der Waals surface area contributed by atoms with Gasteiger partial charge in [0.25, 0.3) is 0 Å². The normalized spacial score (nSPS) is 10.2. The molecule has 0 bridgehead atoms. The van der Waals surface area contributed by atoms with Gasteiger partial charge in [-0.15, -0.1) is 0 Å². The Hall–Kier alpha value is -1.81. The van der Waals surface area contributed by atoms with Gasteiger partial charge in [0.15, 0.2) is 0 Å². The number of anilines is 1. The molecule has 0 saturated carbocycles. The van der Waals surface area contributed by atoms with E-state index >= 15 is 0 Å². The van der Waals surface area contributed by atoms with Gasteiger partial charge in [-0.2, -0.15) is 0 Å². The van der Waals surface area contributed by atoms with Crippen LogP contribution in [-0.2, 0) is 11.3 Å². The molecule has 0 aliphatic heterocycles. The zero-order valence-electron chi connectivity index (χ0n) is 12.2. The lowest BCUT2D eigenvalue weighted by atomic mass is 10.1. The molecule has 0 heterocycles. The highest BCUT2D eigenvalue weighted by molar-refractivity contribution is 9.10. The van der Waals surface area contributed by atoms with Gasteiger partial charge in [0.1, 0.15) is 0 Å². The Balaban J connectivity index is 1.80. The Labute approximate surface area is 133 Å². The molecule has 0 spiro atoms. The highest BCUT2D eigenvalue weighted by Crippen LogP contribution is 2.22. The molecule has 3 nitrogen and oxygen atoms in total. The van der Waals surface area contributed by atoms with Crippen LogP contribution in [0, 0.1) is 13.8 Å². The van der Waals surface area contributed by atoms with E-state index < -0.39 is 0 Å². The average molecular weight is 347 g/mol. The Morgan fingerprint density at radius 1 is 1.05 bits per heavy atom. The predicted molar refractivity (Wildman–Crippen MR) is 90.4 cm³/mol. The molecule has 1 amide bonds. The highest BCUT2D eigenvalue weighted by atomic mass is 79.9. The van der Waals surface area contributed by atoms with Crippen LogP contribution in [0.1, 0.15) is 16.7 Å². The first kappa shape index (κ1) is 15.6. The van der Waals surface area contributed by atoms with Gasteiger partial charge in [-0.1, -0.05) is 35.9 Å². The smallest absolute Gasteiger partial charge is 0.239 e. The number of hydrogen-bond acceptors (Lipinski definition) is 2. The van der Waals surface area contributed by atoms with Crippen LogP contribution in [0.2, 0.25) is 0 Å². The minimum absolute atomic E-state index is 0.0250. The number of carbonyl (C=O) groups is 1. The highest BCUT2D eigenvalue weighted by Gasteiger charge is 2.04. The van der Waals surface area contributed by atoms with E-state index in [4.69, 9.17) is 0 Å². The van der Waals surface area contributed by atoms with Gasteiger partial charge >= 0.3 is 0 Å². The lowest BCUT2D eigenvalue weighted by molar-refractivity contribution is -0.119. The monoisotopic (exact) mass is 346 g/mol. The van der Waals surface area contributed by atoms with E-state index in [1.54, 1.807) is 0 Å². The van der Waals surface area contributed by atoms with Gasteiger partial charge in [0.2, 0.25) is 5.91 Å². The van der Waals surface area contributed by atoms with Crippen molar-refractivity contribution in [3.8, 4) is 0 Å². The van der Waals surface area contributed by atoms with Crippen LogP contribution in [0.25, 0.3) is 0 Å². The maximum Gasteiger partial charge on any atom is 0.239 e. The van der Waals surface area contributed by atoms with Crippen LogP contribution in [0.4, 0.5) is 5.69 Å². The molecule has 110 valence electrons. The second kappa shape index (κ2) is 7.27. The second-order valence-corrected chi connectivity index (χ2v) is 5.95. The number of halogens is 1. The van der Waals surface area contributed by atoms with Crippen LogP contribution >= 0.6 is 15.9 Å². The molecule has 0 saturated heterocycles. The third kappa shape index (κ3) is 4.90. The molecule has 0 aromatic heterocycles. The van der Waals surface area contributed by atoms with Crippen molar-refractivity contribution in [1.29, 1.82) is 0 Å². The summed E-state index contributed by atoms with van der Waals surface area (Å²) in [4.78, 5) is 11.8. The van der Waals surface area contributed by atoms with Crippen molar-refractivity contribution < 1.29 is 4.79 Å². The van der Waals surface area contributed by atoms with Crippen LogP contribution in [0.5, 0.6) is 0 Å². The summed E-state index contributed by atoms with van der Waals surface area (Å²) in [5, 5.41) is 6.03. The molecule has 0 unspecified atom stereocenters. The average Bonchev–Trinajstić information content (AvgIpc) is 2.46. The van der Waals surface area contributed by atoms with E-state index in [-0.39, 0.29) is 12.5 Å². The van der Waals surface area contributed by atoms with Gasteiger partial charge in [-0.05, 0) is 53.0 Å². The van der Waals surface area contributed by atoms with E-state index in [0.29, 0.717) is 6.54 Å². The first-order chi connectivity index (χ1) is 10.0. The lowest BCUT2D eigenvalue weighted by Crippen LogP contribution is -2.29. The van der Waals surface area contributed by atoms with Crippen LogP contribution in [-0.4, -0.2) is 12.5 Å². The number of nitrogens with one attached hydrogen (secondary N) is 2. The molecule has 4 heteroatoms. The van der Waals surface area contributed by atoms with Crippen molar-refractivity contribution in [3.05, 3.63) is 63.6 Å². The van der Waals surface area contributed by atoms with Crippen molar-refractivity contribution >= 4 is 27.5 Å². The first-order valence-electron chi connectivity index (χ1n) is 6.87. The molecule has 21 heavy (non-hydrogen) atoms. The fourth-order valence-electron chi connectivity index (χ4n) is 1.91. The summed E-state index contributed by atoms with van der Waals surface area (Å²) >= 11 is 3.49. The minimum atomic E-state index is -0.0250. The minimum Gasteiger partial charge on any atom is -0.375 e. The van der Waals surface area contributed by atoms with Crippen molar-refractivity contribution in [2.75, 3.05) is 11.9 Å². The number of carbonyl (C=O) groups excluding carboxylic acids is 1. The van der Waals surface area contributed by atoms with Crippen molar-refractivity contribution in [1.82, 2.24) is 5.32 Å². The Kier molecular flexibility index (Phi) is 5.39. The summed E-state index contributed by atoms with van der Waals surface area (Å²) in [6.45, 7) is 4.89. The van der Waals surface area contributed by atoms with E-state index in [0.717, 1.165) is 15.7 Å². The summed E-state index contributed by atoms with van der Waals surface area (Å²) in [5.74, 6) is -0.0250. The summed E-state index contributed by atoms with van der Waals surface area (Å²) < 4.78 is 0.967. The summed E-state index contributed by atoms with van der Waals surface area (Å²) in [6.07, 6.45) is 0. The van der Waals surface area contributed by atoms with Crippen molar-refractivity contribution in [2.24, 2.45) is 0 Å². The van der Waals surface area contributed by atoms with E-state index in [2.05, 4.69) is 26.6 Å². The molecular formula is C17H19BrN2O. The molecule has 2 N–H and O–H groups in total. The molecule has 0 aliphatic rings. The number of aryl methyl sites for hydroxylation is 2. The second-order valence-electron chi connectivity index (χ2n) is 5.10. The lowest BCUT2D eigenvalue weighted by Gasteiger charge is -2.10. The molecule has 2 rings (SSSR count). The molecule has 2 aromatic carbocycles. The zero-order chi connectivity index (χ0) is 15.2. The summed E-state index contributed by atoms with van der Waals surface area (Å²) in [5.41, 5.74) is 4.42. The Morgan fingerprint density at radius 3 is 2.38 bits per heavy atom. The van der Waals surface area contributed by atoms with E-state index in [1.165, 1.54) is 11.1 Å². The maximum absolute atomic E-state index is 11.8. The molecular weight excluding hydrogens is 328 g/mol.